The van der Waals surface area contributed by atoms with E-state index in [1.54, 1.807) is 18.3 Å². The zero-order valence-corrected chi connectivity index (χ0v) is 7.92. The number of fused-ring (bicyclic) bond motifs is 1. The summed E-state index contributed by atoms with van der Waals surface area (Å²) >= 11 is 0. The summed E-state index contributed by atoms with van der Waals surface area (Å²) in [6, 6.07) is 9.42. The van der Waals surface area contributed by atoms with E-state index in [4.69, 9.17) is 5.11 Å². The first-order chi connectivity index (χ1) is 7.27. The average molecular weight is 199 g/mol. The molecule has 3 heteroatoms. The molecule has 0 spiro atoms. The second-order valence-corrected chi connectivity index (χ2v) is 3.09. The van der Waals surface area contributed by atoms with Crippen LogP contribution in [0.3, 0.4) is 0 Å². The minimum Gasteiger partial charge on any atom is -0.478 e. The Morgan fingerprint density at radius 2 is 2.07 bits per heavy atom. The molecule has 1 aromatic carbocycles. The van der Waals surface area contributed by atoms with Gasteiger partial charge in [-0.15, -0.1) is 0 Å². The zero-order valence-electron chi connectivity index (χ0n) is 7.92. The van der Waals surface area contributed by atoms with Gasteiger partial charge >= 0.3 is 5.97 Å². The number of hydrogen-bond acceptors (Lipinski definition) is 2. The minimum atomic E-state index is -0.948. The summed E-state index contributed by atoms with van der Waals surface area (Å²) in [5.41, 5.74) is 1.73. The van der Waals surface area contributed by atoms with Crippen molar-refractivity contribution in [2.24, 2.45) is 0 Å². The van der Waals surface area contributed by atoms with Crippen LogP contribution < -0.4 is 0 Å². The number of pyridine rings is 1. The SMILES string of the molecule is O=C(O)C=Cc1ccnc2ccccc12. The highest BCUT2D eigenvalue weighted by atomic mass is 16.4. The van der Waals surface area contributed by atoms with Gasteiger partial charge in [0.05, 0.1) is 5.52 Å². The van der Waals surface area contributed by atoms with E-state index in [1.807, 2.05) is 24.3 Å². The summed E-state index contributed by atoms with van der Waals surface area (Å²) in [6.45, 7) is 0. The molecule has 0 aliphatic carbocycles. The van der Waals surface area contributed by atoms with Crippen molar-refractivity contribution in [1.29, 1.82) is 0 Å². The first-order valence-electron chi connectivity index (χ1n) is 4.52. The molecule has 1 heterocycles. The van der Waals surface area contributed by atoms with Crippen molar-refractivity contribution in [3.05, 3.63) is 48.2 Å². The highest BCUT2D eigenvalue weighted by molar-refractivity contribution is 5.92. The molecule has 0 aliphatic heterocycles. The maximum Gasteiger partial charge on any atom is 0.328 e. The van der Waals surface area contributed by atoms with Crippen LogP contribution in [0.15, 0.2) is 42.6 Å². The standard InChI is InChI=1S/C12H9NO2/c14-12(15)6-5-9-7-8-13-11-4-2-1-3-10(9)11/h1-8H,(H,14,15). The summed E-state index contributed by atoms with van der Waals surface area (Å²) in [4.78, 5) is 14.6. The lowest BCUT2D eigenvalue weighted by molar-refractivity contribution is -0.131. The fourth-order valence-electron chi connectivity index (χ4n) is 1.42. The summed E-state index contributed by atoms with van der Waals surface area (Å²) in [6.07, 6.45) is 4.37. The van der Waals surface area contributed by atoms with E-state index < -0.39 is 5.97 Å². The molecule has 0 aliphatic rings. The number of aromatic nitrogens is 1. The van der Waals surface area contributed by atoms with Gasteiger partial charge in [0.1, 0.15) is 0 Å². The quantitative estimate of drug-likeness (QED) is 0.755. The van der Waals surface area contributed by atoms with Crippen molar-refractivity contribution in [3.63, 3.8) is 0 Å². The number of carboxylic acids is 1. The third kappa shape index (κ3) is 2.02. The number of para-hydroxylation sites is 1. The van der Waals surface area contributed by atoms with E-state index in [2.05, 4.69) is 4.98 Å². The van der Waals surface area contributed by atoms with Gasteiger partial charge in [0.25, 0.3) is 0 Å². The van der Waals surface area contributed by atoms with Crippen molar-refractivity contribution < 1.29 is 9.90 Å². The van der Waals surface area contributed by atoms with Crippen molar-refractivity contribution in [1.82, 2.24) is 4.98 Å². The Balaban J connectivity index is 2.56. The molecular formula is C12H9NO2. The molecule has 0 saturated carbocycles. The van der Waals surface area contributed by atoms with E-state index in [0.717, 1.165) is 22.5 Å². The van der Waals surface area contributed by atoms with Crippen LogP contribution in [-0.2, 0) is 4.79 Å². The first kappa shape index (κ1) is 9.40. The summed E-state index contributed by atoms with van der Waals surface area (Å²) in [5, 5.41) is 9.50. The van der Waals surface area contributed by atoms with Gasteiger partial charge in [0.2, 0.25) is 0 Å². The molecule has 3 nitrogen and oxygen atoms in total. The topological polar surface area (TPSA) is 50.2 Å². The Morgan fingerprint density at radius 3 is 2.87 bits per heavy atom. The van der Waals surface area contributed by atoms with E-state index in [9.17, 15) is 4.79 Å². The third-order valence-corrected chi connectivity index (χ3v) is 2.09. The molecule has 0 fully saturated rings. The van der Waals surface area contributed by atoms with Crippen molar-refractivity contribution in [3.8, 4) is 0 Å². The second-order valence-electron chi connectivity index (χ2n) is 3.09. The Labute approximate surface area is 86.7 Å². The monoisotopic (exact) mass is 199 g/mol. The molecule has 15 heavy (non-hydrogen) atoms. The number of benzene rings is 1. The molecular weight excluding hydrogens is 190 g/mol. The summed E-state index contributed by atoms with van der Waals surface area (Å²) in [7, 11) is 0. The Morgan fingerprint density at radius 1 is 1.27 bits per heavy atom. The molecule has 0 saturated heterocycles. The van der Waals surface area contributed by atoms with E-state index in [-0.39, 0.29) is 0 Å². The Kier molecular flexibility index (Phi) is 2.46. The zero-order chi connectivity index (χ0) is 10.7. The summed E-state index contributed by atoms with van der Waals surface area (Å²) < 4.78 is 0. The lowest BCUT2D eigenvalue weighted by Gasteiger charge is -1.99. The van der Waals surface area contributed by atoms with E-state index in [1.165, 1.54) is 0 Å². The van der Waals surface area contributed by atoms with Gasteiger partial charge in [-0.05, 0) is 23.8 Å². The molecule has 1 N–H and O–H groups in total. The average Bonchev–Trinajstić information content (AvgIpc) is 2.26. The predicted octanol–water partition coefficient (Wildman–Crippen LogP) is 2.33. The normalized spacial score (nSPS) is 10.9. The van der Waals surface area contributed by atoms with E-state index in [0.29, 0.717) is 0 Å². The smallest absolute Gasteiger partial charge is 0.328 e. The Hall–Kier alpha value is -2.16. The van der Waals surface area contributed by atoms with Gasteiger partial charge in [-0.1, -0.05) is 18.2 Å². The van der Waals surface area contributed by atoms with Crippen LogP contribution in [0.4, 0.5) is 0 Å². The van der Waals surface area contributed by atoms with Crippen LogP contribution in [0.2, 0.25) is 0 Å². The first-order valence-corrected chi connectivity index (χ1v) is 4.52. The fourth-order valence-corrected chi connectivity index (χ4v) is 1.42. The van der Waals surface area contributed by atoms with Crippen LogP contribution in [0.1, 0.15) is 5.56 Å². The van der Waals surface area contributed by atoms with Crippen molar-refractivity contribution in [2.45, 2.75) is 0 Å². The lowest BCUT2D eigenvalue weighted by atomic mass is 10.1. The van der Waals surface area contributed by atoms with Crippen LogP contribution in [0, 0.1) is 0 Å². The number of hydrogen-bond donors (Lipinski definition) is 1. The van der Waals surface area contributed by atoms with Crippen molar-refractivity contribution >= 4 is 22.9 Å². The molecule has 0 unspecified atom stereocenters. The number of aliphatic carboxylic acids is 1. The van der Waals surface area contributed by atoms with Gasteiger partial charge < -0.3 is 5.11 Å². The molecule has 1 aromatic heterocycles. The molecule has 0 atom stereocenters. The highest BCUT2D eigenvalue weighted by Crippen LogP contribution is 2.17. The molecule has 74 valence electrons. The van der Waals surface area contributed by atoms with Gasteiger partial charge in [-0.2, -0.15) is 0 Å². The van der Waals surface area contributed by atoms with Gasteiger partial charge in [0, 0.05) is 17.7 Å². The van der Waals surface area contributed by atoms with Crippen LogP contribution in [0.5, 0.6) is 0 Å². The number of nitrogens with zero attached hydrogens (tertiary/aromatic N) is 1. The number of carbonyl (C=O) groups is 1. The molecule has 2 rings (SSSR count). The van der Waals surface area contributed by atoms with Crippen LogP contribution >= 0.6 is 0 Å². The maximum absolute atomic E-state index is 10.4. The second kappa shape index (κ2) is 3.92. The molecule has 0 amide bonds. The summed E-state index contributed by atoms with van der Waals surface area (Å²) in [5.74, 6) is -0.948. The third-order valence-electron chi connectivity index (χ3n) is 2.09. The lowest BCUT2D eigenvalue weighted by Crippen LogP contribution is -1.87. The highest BCUT2D eigenvalue weighted by Gasteiger charge is 1.97. The number of carboxylic acid groups (broad SMARTS) is 1. The predicted molar refractivity (Wildman–Crippen MR) is 58.4 cm³/mol. The molecule has 2 aromatic rings. The molecule has 0 bridgehead atoms. The van der Waals surface area contributed by atoms with Crippen LogP contribution in [0.25, 0.3) is 17.0 Å². The minimum absolute atomic E-state index is 0.864. The van der Waals surface area contributed by atoms with Gasteiger partial charge in [-0.3, -0.25) is 4.98 Å². The van der Waals surface area contributed by atoms with Gasteiger partial charge in [-0.25, -0.2) is 4.79 Å². The van der Waals surface area contributed by atoms with Crippen molar-refractivity contribution in [2.75, 3.05) is 0 Å². The number of rotatable bonds is 2. The Bertz CT molecular complexity index is 527. The molecule has 0 radical (unpaired) electrons. The largest absolute Gasteiger partial charge is 0.478 e. The maximum atomic E-state index is 10.4. The van der Waals surface area contributed by atoms with E-state index >= 15 is 0 Å². The fraction of sp³-hybridized carbons (Fsp3) is 0. The van der Waals surface area contributed by atoms with Crippen LogP contribution in [-0.4, -0.2) is 16.1 Å². The van der Waals surface area contributed by atoms with Gasteiger partial charge in [0.15, 0.2) is 0 Å².